The van der Waals surface area contributed by atoms with E-state index in [0.717, 1.165) is 35.2 Å². The van der Waals surface area contributed by atoms with Gasteiger partial charge in [-0.1, -0.05) is 18.2 Å². The maximum Gasteiger partial charge on any atom is 0.346 e. The SMILES string of the molecule is CC(O)C1CCN(Cc2c(C(=O)O)sc3ccccc23)C1. The Bertz CT molecular complexity index is 665. The first kappa shape index (κ1) is 14.5. The van der Waals surface area contributed by atoms with E-state index >= 15 is 0 Å². The molecule has 2 N–H and O–H groups in total. The van der Waals surface area contributed by atoms with Crippen molar-refractivity contribution in [3.8, 4) is 0 Å². The lowest BCUT2D eigenvalue weighted by atomic mass is 10.0. The molecule has 0 spiro atoms. The third kappa shape index (κ3) is 2.81. The van der Waals surface area contributed by atoms with Crippen LogP contribution in [0.3, 0.4) is 0 Å². The van der Waals surface area contributed by atoms with Gasteiger partial charge in [0.1, 0.15) is 4.88 Å². The third-order valence-corrected chi connectivity index (χ3v) is 5.47. The summed E-state index contributed by atoms with van der Waals surface area (Å²) in [6.07, 6.45) is 0.676. The normalized spacial score (nSPS) is 21.0. The molecule has 1 saturated heterocycles. The summed E-state index contributed by atoms with van der Waals surface area (Å²) in [6, 6.07) is 7.86. The molecule has 1 aliphatic rings. The topological polar surface area (TPSA) is 60.8 Å². The van der Waals surface area contributed by atoms with Gasteiger partial charge in [-0.3, -0.25) is 4.90 Å². The fourth-order valence-electron chi connectivity index (χ4n) is 3.05. The molecule has 1 aromatic carbocycles. The van der Waals surface area contributed by atoms with Crippen LogP contribution >= 0.6 is 11.3 Å². The number of carbonyl (C=O) groups is 1. The summed E-state index contributed by atoms with van der Waals surface area (Å²) in [5.74, 6) is -0.555. The molecule has 2 unspecified atom stereocenters. The molecule has 0 radical (unpaired) electrons. The van der Waals surface area contributed by atoms with Crippen LogP contribution in [0.15, 0.2) is 24.3 Å². The molecule has 5 heteroatoms. The molecule has 0 amide bonds. The van der Waals surface area contributed by atoms with Gasteiger partial charge in [-0.25, -0.2) is 4.79 Å². The lowest BCUT2D eigenvalue weighted by molar-refractivity contribution is 0.0700. The summed E-state index contributed by atoms with van der Waals surface area (Å²) in [4.78, 5) is 14.2. The summed E-state index contributed by atoms with van der Waals surface area (Å²) in [6.45, 7) is 4.23. The van der Waals surface area contributed by atoms with Crippen LogP contribution in [-0.4, -0.2) is 40.3 Å². The highest BCUT2D eigenvalue weighted by Crippen LogP contribution is 2.33. The van der Waals surface area contributed by atoms with E-state index in [9.17, 15) is 15.0 Å². The molecule has 4 nitrogen and oxygen atoms in total. The molecule has 3 rings (SSSR count). The van der Waals surface area contributed by atoms with Crippen LogP contribution in [0.4, 0.5) is 0 Å². The van der Waals surface area contributed by atoms with Crippen LogP contribution in [0, 0.1) is 5.92 Å². The Morgan fingerprint density at radius 2 is 2.24 bits per heavy atom. The predicted octanol–water partition coefficient (Wildman–Crippen LogP) is 2.80. The molecular formula is C16H19NO3S. The Kier molecular flexibility index (Phi) is 3.97. The average molecular weight is 305 g/mol. The number of aliphatic hydroxyl groups excluding tert-OH is 1. The number of fused-ring (bicyclic) bond motifs is 1. The largest absolute Gasteiger partial charge is 0.477 e. The van der Waals surface area contributed by atoms with Gasteiger partial charge < -0.3 is 10.2 Å². The number of carboxylic acid groups (broad SMARTS) is 1. The molecular weight excluding hydrogens is 286 g/mol. The summed E-state index contributed by atoms with van der Waals surface area (Å²) in [5, 5.41) is 20.2. The van der Waals surface area contributed by atoms with Gasteiger partial charge in [-0.2, -0.15) is 0 Å². The third-order valence-electron chi connectivity index (χ3n) is 4.27. The fourth-order valence-corrected chi connectivity index (χ4v) is 4.10. The predicted molar refractivity (Wildman–Crippen MR) is 83.8 cm³/mol. The van der Waals surface area contributed by atoms with Crippen LogP contribution in [0.2, 0.25) is 0 Å². The molecule has 1 aromatic heterocycles. The summed E-state index contributed by atoms with van der Waals surface area (Å²) in [7, 11) is 0. The smallest absolute Gasteiger partial charge is 0.346 e. The first-order valence-electron chi connectivity index (χ1n) is 7.20. The molecule has 0 aliphatic carbocycles. The van der Waals surface area contributed by atoms with Crippen LogP contribution in [0.1, 0.15) is 28.6 Å². The maximum absolute atomic E-state index is 11.5. The second-order valence-corrected chi connectivity index (χ2v) is 6.79. The molecule has 0 saturated carbocycles. The number of hydrogen-bond donors (Lipinski definition) is 2. The molecule has 0 bridgehead atoms. The average Bonchev–Trinajstić information content (AvgIpc) is 3.05. The van der Waals surface area contributed by atoms with Gasteiger partial charge in [-0.15, -0.1) is 11.3 Å². The van der Waals surface area contributed by atoms with Crippen LogP contribution in [0.5, 0.6) is 0 Å². The zero-order valence-corrected chi connectivity index (χ0v) is 12.8. The Hall–Kier alpha value is -1.43. The second kappa shape index (κ2) is 5.75. The molecule has 2 aromatic rings. The van der Waals surface area contributed by atoms with E-state index < -0.39 is 5.97 Å². The molecule has 112 valence electrons. The summed E-state index contributed by atoms with van der Waals surface area (Å²) >= 11 is 1.35. The van der Waals surface area contributed by atoms with Crippen LogP contribution in [-0.2, 0) is 6.54 Å². The second-order valence-electron chi connectivity index (χ2n) is 5.74. The highest BCUT2D eigenvalue weighted by molar-refractivity contribution is 7.21. The van der Waals surface area contributed by atoms with E-state index in [0.29, 0.717) is 17.3 Å². The van der Waals surface area contributed by atoms with Gasteiger partial charge in [0, 0.05) is 17.8 Å². The first-order chi connectivity index (χ1) is 10.1. The zero-order chi connectivity index (χ0) is 15.0. The fraction of sp³-hybridized carbons (Fsp3) is 0.438. The molecule has 1 fully saturated rings. The van der Waals surface area contributed by atoms with E-state index in [1.807, 2.05) is 31.2 Å². The number of hydrogen-bond acceptors (Lipinski definition) is 4. The minimum atomic E-state index is -0.850. The monoisotopic (exact) mass is 305 g/mol. The number of aliphatic hydroxyl groups is 1. The van der Waals surface area contributed by atoms with Crippen molar-refractivity contribution in [3.05, 3.63) is 34.7 Å². The minimum absolute atomic E-state index is 0.295. The summed E-state index contributed by atoms with van der Waals surface area (Å²) in [5.41, 5.74) is 0.911. The van der Waals surface area contributed by atoms with Gasteiger partial charge in [0.05, 0.1) is 6.10 Å². The Morgan fingerprint density at radius 3 is 2.90 bits per heavy atom. The molecule has 2 heterocycles. The first-order valence-corrected chi connectivity index (χ1v) is 8.02. The van der Waals surface area contributed by atoms with Crippen molar-refractivity contribution in [2.45, 2.75) is 26.0 Å². The highest BCUT2D eigenvalue weighted by Gasteiger charge is 2.28. The van der Waals surface area contributed by atoms with E-state index in [1.54, 1.807) is 0 Å². The number of rotatable bonds is 4. The van der Waals surface area contributed by atoms with Gasteiger partial charge in [0.2, 0.25) is 0 Å². The van der Waals surface area contributed by atoms with Gasteiger partial charge >= 0.3 is 5.97 Å². The highest BCUT2D eigenvalue weighted by atomic mass is 32.1. The van der Waals surface area contributed by atoms with Crippen molar-refractivity contribution in [1.82, 2.24) is 4.90 Å². The van der Waals surface area contributed by atoms with Crippen molar-refractivity contribution in [1.29, 1.82) is 0 Å². The standard InChI is InChI=1S/C16H19NO3S/c1-10(18)11-6-7-17(8-11)9-13-12-4-2-3-5-14(12)21-15(13)16(19)20/h2-5,10-11,18H,6-9H2,1H3,(H,19,20). The molecule has 1 aliphatic heterocycles. The van der Waals surface area contributed by atoms with Gasteiger partial charge in [0.25, 0.3) is 0 Å². The van der Waals surface area contributed by atoms with Crippen molar-refractivity contribution >= 4 is 27.4 Å². The lowest BCUT2D eigenvalue weighted by Crippen LogP contribution is -2.24. The Labute approximate surface area is 127 Å². The number of thiophene rings is 1. The quantitative estimate of drug-likeness (QED) is 0.912. The molecule has 21 heavy (non-hydrogen) atoms. The van der Waals surface area contributed by atoms with Crippen molar-refractivity contribution in [2.75, 3.05) is 13.1 Å². The number of benzene rings is 1. The van der Waals surface area contributed by atoms with Crippen LogP contribution < -0.4 is 0 Å². The zero-order valence-electron chi connectivity index (χ0n) is 12.0. The van der Waals surface area contributed by atoms with Crippen molar-refractivity contribution < 1.29 is 15.0 Å². The number of aromatic carboxylic acids is 1. The number of likely N-dealkylation sites (tertiary alicyclic amines) is 1. The number of nitrogens with zero attached hydrogens (tertiary/aromatic N) is 1. The van der Waals surface area contributed by atoms with Crippen molar-refractivity contribution in [2.24, 2.45) is 5.92 Å². The van der Waals surface area contributed by atoms with Gasteiger partial charge in [0.15, 0.2) is 0 Å². The Morgan fingerprint density at radius 1 is 1.48 bits per heavy atom. The Balaban J connectivity index is 1.89. The van der Waals surface area contributed by atoms with Crippen LogP contribution in [0.25, 0.3) is 10.1 Å². The number of carboxylic acids is 1. The lowest BCUT2D eigenvalue weighted by Gasteiger charge is -2.17. The summed E-state index contributed by atoms with van der Waals surface area (Å²) < 4.78 is 1.02. The van der Waals surface area contributed by atoms with E-state index in [2.05, 4.69) is 4.90 Å². The van der Waals surface area contributed by atoms with Gasteiger partial charge in [-0.05, 0) is 42.8 Å². The van der Waals surface area contributed by atoms with Crippen molar-refractivity contribution in [3.63, 3.8) is 0 Å². The minimum Gasteiger partial charge on any atom is -0.477 e. The molecule has 2 atom stereocenters. The van der Waals surface area contributed by atoms with E-state index in [-0.39, 0.29) is 6.10 Å². The maximum atomic E-state index is 11.5. The van der Waals surface area contributed by atoms with E-state index in [1.165, 1.54) is 11.3 Å². The van der Waals surface area contributed by atoms with E-state index in [4.69, 9.17) is 0 Å².